The SMILES string of the molecule is CC(=O)NC(Cc1ccccc1)C(=O)NCC(=O)NC(Cc1ccccc1)C(=O)N[C@@H](CS)C(=O)NC(Cc1ccccc1)C(N)=O.C[C@H](CC(=O)[O-])NC(=O)C(Cc1ccccc1)NC(=O)CNC(=O)C(Cc1ccccc1)NC(=O)[C@H](CCCCN)NC(=O)C(Cc1ccccc1)NC(=O)CNC(=O)C(N)Cc1ccccc1. The van der Waals surface area contributed by atoms with Crippen LogP contribution in [0.25, 0.3) is 0 Å². The number of thiol groups is 1. The van der Waals surface area contributed by atoms with Crippen LogP contribution in [0.4, 0.5) is 0 Å². The number of aliphatic carboxylic acids is 1. The molecule has 13 amide bonds. The lowest BCUT2D eigenvalue weighted by atomic mass is 10.0. The first kappa shape index (κ1) is 91.3. The van der Waals surface area contributed by atoms with Crippen LogP contribution in [0.15, 0.2) is 212 Å². The van der Waals surface area contributed by atoms with Crippen LogP contribution in [0.1, 0.15) is 78.5 Å². The van der Waals surface area contributed by atoms with E-state index in [9.17, 15) is 72.2 Å². The molecular weight excluding hydrogens is 1490 g/mol. The average Bonchev–Trinajstić information content (AvgIpc) is 0.865. The molecule has 18 N–H and O–H groups in total. The second-order valence-corrected chi connectivity index (χ2v) is 27.7. The third-order valence-electron chi connectivity index (χ3n) is 17.8. The smallest absolute Gasteiger partial charge is 0.244 e. The molecule has 610 valence electrons. The number of benzene rings is 7. The standard InChI is InChI=1S/C50H63N9O9.C34H40N6O6S/c1-33(26-45(62)63)55-49(67)41(29-36-20-10-4-11-21-36)56-44(61)32-54-47(65)40(28-35-18-8-3-9-19-35)59-48(66)39(24-14-15-25-51)58-50(68)42(30-37-22-12-5-13-23-37)57-43(60)31-53-46(64)38(52)27-34-16-6-2-7-17-34;1-22(41)37-27(18-24-13-7-3-8-14-24)32(44)36-20-30(42)38-28(19-25-15-9-4-10-16-25)33(45)40-29(21-47)34(46)39-26(31(35)43)17-23-11-5-2-6-12-23/h2-13,16-23,33,38-42H,14-15,24-32,51-52H2,1H3,(H,53,64)(H,54,65)(H,55,67)(H,56,61)(H,57,60)(H,58,68)(H,59,66)(H,62,63);2-16,26-29,47H,17-21H2,1H3,(H2,35,43)(H,36,44)(H,37,41)(H,38,42)(H,39,46)(H,40,45)/p-1/t33-,38?,39+,40?,41?,42?;26?,27?,28?,29-/m10/s1. The molecule has 115 heavy (non-hydrogen) atoms. The molecule has 0 heterocycles. The van der Waals surface area contributed by atoms with E-state index in [0.29, 0.717) is 36.1 Å². The number of rotatable bonds is 45. The van der Waals surface area contributed by atoms with Gasteiger partial charge in [0.2, 0.25) is 76.8 Å². The highest BCUT2D eigenvalue weighted by atomic mass is 32.1. The number of carboxylic acids is 1. The van der Waals surface area contributed by atoms with E-state index in [-0.39, 0.29) is 57.1 Å². The number of nitrogens with two attached hydrogens (primary N) is 3. The Morgan fingerprint density at radius 3 is 0.930 bits per heavy atom. The van der Waals surface area contributed by atoms with Crippen molar-refractivity contribution in [1.82, 2.24) is 63.8 Å². The van der Waals surface area contributed by atoms with Crippen LogP contribution in [0.3, 0.4) is 0 Å². The van der Waals surface area contributed by atoms with Gasteiger partial charge in [0, 0.05) is 69.6 Å². The topological polar surface area (TPSA) is 484 Å². The first-order valence-electron chi connectivity index (χ1n) is 37.6. The number of unbranched alkanes of at least 4 members (excludes halogenated alkanes) is 1. The summed E-state index contributed by atoms with van der Waals surface area (Å²) in [5.74, 6) is -9.99. The number of hydrogen-bond donors (Lipinski definition) is 16. The summed E-state index contributed by atoms with van der Waals surface area (Å²) in [5, 5.41) is 42.5. The Bertz CT molecular complexity index is 4300. The Morgan fingerprint density at radius 2 is 0.609 bits per heavy atom. The maximum Gasteiger partial charge on any atom is 0.244 e. The van der Waals surface area contributed by atoms with Crippen molar-refractivity contribution in [2.24, 2.45) is 17.2 Å². The summed E-state index contributed by atoms with van der Waals surface area (Å²) in [5.41, 5.74) is 22.7. The molecule has 0 aliphatic rings. The summed E-state index contributed by atoms with van der Waals surface area (Å²) in [6.45, 7) is 1.55. The molecule has 0 spiro atoms. The minimum Gasteiger partial charge on any atom is -0.550 e. The third-order valence-corrected chi connectivity index (χ3v) is 18.2. The summed E-state index contributed by atoms with van der Waals surface area (Å²) in [4.78, 5) is 182. The normalized spacial score (nSPS) is 13.3. The first-order chi connectivity index (χ1) is 55.2. The summed E-state index contributed by atoms with van der Waals surface area (Å²) < 4.78 is 0. The van der Waals surface area contributed by atoms with E-state index in [1.165, 1.54) is 13.8 Å². The summed E-state index contributed by atoms with van der Waals surface area (Å²) >= 11 is 4.22. The Hall–Kier alpha value is -12.6. The Kier molecular flexibility index (Phi) is 39.4. The van der Waals surface area contributed by atoms with Gasteiger partial charge in [0.25, 0.3) is 0 Å². The first-order valence-corrected chi connectivity index (χ1v) is 38.2. The van der Waals surface area contributed by atoms with Crippen molar-refractivity contribution in [2.45, 2.75) is 145 Å². The lowest BCUT2D eigenvalue weighted by Crippen LogP contribution is -2.58. The Morgan fingerprint density at radius 1 is 0.339 bits per heavy atom. The maximum atomic E-state index is 14.2. The van der Waals surface area contributed by atoms with E-state index in [1.54, 1.807) is 146 Å². The predicted octanol–water partition coefficient (Wildman–Crippen LogP) is -0.565. The lowest BCUT2D eigenvalue weighted by Gasteiger charge is -2.26. The fraction of sp³-hybridized carbons (Fsp3) is 0.333. The largest absolute Gasteiger partial charge is 0.550 e. The van der Waals surface area contributed by atoms with Gasteiger partial charge in [0.15, 0.2) is 0 Å². The minimum atomic E-state index is -1.36. The third kappa shape index (κ3) is 34.9. The average molecular weight is 1590 g/mol. The molecule has 0 saturated carbocycles. The van der Waals surface area contributed by atoms with Gasteiger partial charge in [-0.15, -0.1) is 0 Å². The van der Waals surface area contributed by atoms with Crippen molar-refractivity contribution in [2.75, 3.05) is 31.9 Å². The zero-order valence-electron chi connectivity index (χ0n) is 64.1. The zero-order chi connectivity index (χ0) is 83.4. The Balaban J connectivity index is 0.000000382. The lowest BCUT2D eigenvalue weighted by molar-refractivity contribution is -0.306. The fourth-order valence-electron chi connectivity index (χ4n) is 11.9. The summed E-state index contributed by atoms with van der Waals surface area (Å²) in [6, 6.07) is 51.9. The molecule has 7 rings (SSSR count). The molecule has 10 atom stereocenters. The van der Waals surface area contributed by atoms with E-state index < -0.39 is 169 Å². The summed E-state index contributed by atoms with van der Waals surface area (Å²) in [6.07, 6.45) is 1.37. The van der Waals surface area contributed by atoms with Crippen LogP contribution >= 0.6 is 12.6 Å². The highest BCUT2D eigenvalue weighted by molar-refractivity contribution is 7.80. The van der Waals surface area contributed by atoms with Crippen LogP contribution < -0.4 is 86.1 Å². The van der Waals surface area contributed by atoms with Crippen LogP contribution in [0.2, 0.25) is 0 Å². The van der Waals surface area contributed by atoms with Crippen molar-refractivity contribution in [3.8, 4) is 0 Å². The number of carbonyl (C=O) groups excluding carboxylic acids is 14. The number of primary amides is 1. The molecule has 0 aliphatic heterocycles. The van der Waals surface area contributed by atoms with Gasteiger partial charge in [-0.25, -0.2) is 0 Å². The van der Waals surface area contributed by atoms with E-state index in [0.717, 1.165) is 22.3 Å². The molecular formula is C84H102N15O15S-. The van der Waals surface area contributed by atoms with Crippen LogP contribution in [0, 0.1) is 0 Å². The number of carboxylic acid groups (broad SMARTS) is 1. The van der Waals surface area contributed by atoms with Crippen molar-refractivity contribution >= 4 is 95.4 Å². The van der Waals surface area contributed by atoms with Gasteiger partial charge in [-0.2, -0.15) is 12.6 Å². The van der Waals surface area contributed by atoms with E-state index in [1.807, 2.05) is 66.7 Å². The van der Waals surface area contributed by atoms with Gasteiger partial charge in [0.05, 0.1) is 25.7 Å². The van der Waals surface area contributed by atoms with Gasteiger partial charge in [-0.1, -0.05) is 212 Å². The maximum absolute atomic E-state index is 14.2. The van der Waals surface area contributed by atoms with Crippen molar-refractivity contribution < 1.29 is 72.2 Å². The van der Waals surface area contributed by atoms with Gasteiger partial charge in [-0.05, 0) is 78.1 Å². The van der Waals surface area contributed by atoms with Gasteiger partial charge in [0.1, 0.15) is 48.3 Å². The fourth-order valence-corrected chi connectivity index (χ4v) is 12.1. The Labute approximate surface area is 673 Å². The number of hydrogen-bond acceptors (Lipinski definition) is 18. The monoisotopic (exact) mass is 1590 g/mol. The second-order valence-electron chi connectivity index (χ2n) is 27.3. The van der Waals surface area contributed by atoms with Gasteiger partial charge < -0.3 is 90.9 Å². The van der Waals surface area contributed by atoms with Gasteiger partial charge >= 0.3 is 0 Å². The van der Waals surface area contributed by atoms with Crippen LogP contribution in [-0.2, 0) is 112 Å². The summed E-state index contributed by atoms with van der Waals surface area (Å²) in [7, 11) is 0. The zero-order valence-corrected chi connectivity index (χ0v) is 65.0. The molecule has 30 nitrogen and oxygen atoms in total. The molecule has 7 aromatic rings. The van der Waals surface area contributed by atoms with E-state index >= 15 is 0 Å². The minimum absolute atomic E-state index is 0.00766. The van der Waals surface area contributed by atoms with Crippen molar-refractivity contribution in [3.05, 3.63) is 251 Å². The quantitative estimate of drug-likeness (QED) is 0.0168. The van der Waals surface area contributed by atoms with Crippen LogP contribution in [-0.4, -0.2) is 175 Å². The molecule has 31 heteroatoms. The molecule has 0 bridgehead atoms. The van der Waals surface area contributed by atoms with Gasteiger partial charge in [-0.3, -0.25) is 62.3 Å². The molecule has 7 aromatic carbocycles. The number of carbonyl (C=O) groups is 14. The molecule has 0 fully saturated rings. The highest BCUT2D eigenvalue weighted by Gasteiger charge is 2.33. The predicted molar refractivity (Wildman–Crippen MR) is 432 cm³/mol. The van der Waals surface area contributed by atoms with E-state index in [4.69, 9.17) is 17.2 Å². The number of nitrogens with one attached hydrogen (secondary N) is 12. The molecule has 0 saturated heterocycles. The van der Waals surface area contributed by atoms with Crippen LogP contribution in [0.5, 0.6) is 0 Å². The van der Waals surface area contributed by atoms with Crippen molar-refractivity contribution in [1.29, 1.82) is 0 Å². The van der Waals surface area contributed by atoms with E-state index in [2.05, 4.69) is 76.4 Å². The molecule has 0 aromatic heterocycles. The molecule has 0 radical (unpaired) electrons. The molecule has 0 aliphatic carbocycles. The second kappa shape index (κ2) is 49.7. The van der Waals surface area contributed by atoms with Crippen molar-refractivity contribution in [3.63, 3.8) is 0 Å². The highest BCUT2D eigenvalue weighted by Crippen LogP contribution is 2.13. The number of amides is 13. The molecule has 7 unspecified atom stereocenters.